The van der Waals surface area contributed by atoms with Gasteiger partial charge >= 0.3 is 0 Å². The van der Waals surface area contributed by atoms with Crippen molar-refractivity contribution >= 4 is 29.9 Å². The molecule has 0 aliphatic heterocycles. The molecule has 0 saturated heterocycles. The van der Waals surface area contributed by atoms with E-state index in [1.165, 1.54) is 11.1 Å². The van der Waals surface area contributed by atoms with E-state index in [1.54, 1.807) is 14.2 Å². The maximum atomic E-state index is 5.75. The fourth-order valence-electron chi connectivity index (χ4n) is 2.53. The Morgan fingerprint density at radius 2 is 1.78 bits per heavy atom. The summed E-state index contributed by atoms with van der Waals surface area (Å²) in [5, 5.41) is 6.70. The number of methoxy groups -OCH3 is 1. The minimum absolute atomic E-state index is 0. The number of rotatable bonds is 9. The molecule has 2 aromatic rings. The van der Waals surface area contributed by atoms with Crippen LogP contribution in [-0.2, 0) is 17.8 Å². The zero-order valence-corrected chi connectivity index (χ0v) is 18.7. The number of hydrogen-bond acceptors (Lipinski definition) is 3. The highest BCUT2D eigenvalue weighted by Gasteiger charge is 2.02. The standard InChI is InChI=1S/C21H29N3O2.HI/c1-17-8-4-5-10-19(17)16-24-21(22-2)23-15-18-9-6-11-20(14-18)26-13-7-12-25-3;/h4-6,8-11,14H,7,12-13,15-16H2,1-3H3,(H2,22,23,24);1H. The third-order valence-electron chi connectivity index (χ3n) is 4.05. The van der Waals surface area contributed by atoms with E-state index in [-0.39, 0.29) is 24.0 Å². The van der Waals surface area contributed by atoms with Gasteiger partial charge in [0.1, 0.15) is 5.75 Å². The van der Waals surface area contributed by atoms with Gasteiger partial charge in [-0.3, -0.25) is 4.99 Å². The smallest absolute Gasteiger partial charge is 0.191 e. The van der Waals surface area contributed by atoms with Crippen LogP contribution in [0.3, 0.4) is 0 Å². The second-order valence-corrected chi connectivity index (χ2v) is 6.05. The van der Waals surface area contributed by atoms with Crippen LogP contribution in [0.4, 0.5) is 0 Å². The molecule has 2 rings (SSSR count). The number of halogens is 1. The van der Waals surface area contributed by atoms with Crippen LogP contribution in [0.5, 0.6) is 5.75 Å². The Bertz CT molecular complexity index is 707. The summed E-state index contributed by atoms with van der Waals surface area (Å²) < 4.78 is 10.8. The zero-order chi connectivity index (χ0) is 18.6. The molecule has 0 amide bonds. The van der Waals surface area contributed by atoms with E-state index in [2.05, 4.69) is 58.9 Å². The zero-order valence-electron chi connectivity index (χ0n) is 16.3. The van der Waals surface area contributed by atoms with E-state index < -0.39 is 0 Å². The molecule has 0 atom stereocenters. The Balaban J connectivity index is 0.00000364. The Kier molecular flexibility index (Phi) is 11.5. The molecule has 2 aromatic carbocycles. The molecule has 5 nitrogen and oxygen atoms in total. The van der Waals surface area contributed by atoms with Crippen LogP contribution < -0.4 is 15.4 Å². The lowest BCUT2D eigenvalue weighted by molar-refractivity contribution is 0.172. The van der Waals surface area contributed by atoms with Crippen LogP contribution in [-0.4, -0.2) is 33.3 Å². The lowest BCUT2D eigenvalue weighted by Crippen LogP contribution is -2.36. The molecule has 2 N–H and O–H groups in total. The predicted molar refractivity (Wildman–Crippen MR) is 122 cm³/mol. The molecule has 0 aliphatic carbocycles. The molecule has 0 heterocycles. The normalized spacial score (nSPS) is 10.9. The van der Waals surface area contributed by atoms with Gasteiger partial charge in [0.05, 0.1) is 6.61 Å². The molecule has 0 fully saturated rings. The lowest BCUT2D eigenvalue weighted by Gasteiger charge is -2.14. The van der Waals surface area contributed by atoms with Gasteiger partial charge in [-0.25, -0.2) is 0 Å². The fraction of sp³-hybridized carbons (Fsp3) is 0.381. The van der Waals surface area contributed by atoms with Crippen molar-refractivity contribution in [1.29, 1.82) is 0 Å². The van der Waals surface area contributed by atoms with E-state index in [9.17, 15) is 0 Å². The summed E-state index contributed by atoms with van der Waals surface area (Å²) in [5.74, 6) is 1.66. The first kappa shape index (κ1) is 23.2. The van der Waals surface area contributed by atoms with Crippen molar-refractivity contribution in [3.05, 3.63) is 65.2 Å². The summed E-state index contributed by atoms with van der Waals surface area (Å²) in [5.41, 5.74) is 3.68. The van der Waals surface area contributed by atoms with Crippen molar-refractivity contribution < 1.29 is 9.47 Å². The van der Waals surface area contributed by atoms with Gasteiger partial charge < -0.3 is 20.1 Å². The van der Waals surface area contributed by atoms with Gasteiger partial charge in [-0.05, 0) is 35.7 Å². The SMILES string of the molecule is CN=C(NCc1cccc(OCCCOC)c1)NCc1ccccc1C.I. The van der Waals surface area contributed by atoms with Gasteiger partial charge in [-0.15, -0.1) is 24.0 Å². The van der Waals surface area contributed by atoms with Crippen molar-refractivity contribution in [2.75, 3.05) is 27.4 Å². The van der Waals surface area contributed by atoms with Gasteiger partial charge in [0.25, 0.3) is 0 Å². The minimum atomic E-state index is 0. The van der Waals surface area contributed by atoms with Crippen LogP contribution >= 0.6 is 24.0 Å². The molecule has 27 heavy (non-hydrogen) atoms. The molecule has 0 aliphatic rings. The van der Waals surface area contributed by atoms with Crippen molar-refractivity contribution in [3.8, 4) is 5.75 Å². The highest BCUT2D eigenvalue weighted by Crippen LogP contribution is 2.13. The third-order valence-corrected chi connectivity index (χ3v) is 4.05. The maximum Gasteiger partial charge on any atom is 0.191 e. The number of ether oxygens (including phenoxy) is 2. The van der Waals surface area contributed by atoms with Crippen molar-refractivity contribution in [2.24, 2.45) is 4.99 Å². The molecule has 0 saturated carbocycles. The Hall–Kier alpha value is -1.80. The number of nitrogens with zero attached hydrogens (tertiary/aromatic N) is 1. The summed E-state index contributed by atoms with van der Waals surface area (Å²) in [6.07, 6.45) is 0.883. The number of hydrogen-bond donors (Lipinski definition) is 2. The number of guanidine groups is 1. The largest absolute Gasteiger partial charge is 0.493 e. The molecule has 0 aromatic heterocycles. The summed E-state index contributed by atoms with van der Waals surface area (Å²) in [6, 6.07) is 16.5. The molecule has 0 spiro atoms. The van der Waals surface area contributed by atoms with Crippen molar-refractivity contribution in [2.45, 2.75) is 26.4 Å². The van der Waals surface area contributed by atoms with Gasteiger partial charge in [0.15, 0.2) is 5.96 Å². The van der Waals surface area contributed by atoms with E-state index in [0.29, 0.717) is 19.8 Å². The van der Waals surface area contributed by atoms with Crippen molar-refractivity contribution in [3.63, 3.8) is 0 Å². The highest BCUT2D eigenvalue weighted by molar-refractivity contribution is 14.0. The molecular weight excluding hydrogens is 453 g/mol. The second-order valence-electron chi connectivity index (χ2n) is 6.05. The minimum Gasteiger partial charge on any atom is -0.493 e. The van der Waals surface area contributed by atoms with E-state index in [1.807, 2.05) is 12.1 Å². The number of nitrogens with one attached hydrogen (secondary N) is 2. The van der Waals surface area contributed by atoms with Crippen LogP contribution in [0, 0.1) is 6.92 Å². The summed E-state index contributed by atoms with van der Waals surface area (Å²) in [4.78, 5) is 4.29. The summed E-state index contributed by atoms with van der Waals surface area (Å²) in [7, 11) is 3.48. The number of benzene rings is 2. The average Bonchev–Trinajstić information content (AvgIpc) is 2.67. The quantitative estimate of drug-likeness (QED) is 0.246. The Morgan fingerprint density at radius 3 is 2.52 bits per heavy atom. The first-order valence-corrected chi connectivity index (χ1v) is 8.92. The first-order valence-electron chi connectivity index (χ1n) is 8.92. The third kappa shape index (κ3) is 8.62. The molecule has 6 heteroatoms. The van der Waals surface area contributed by atoms with E-state index >= 15 is 0 Å². The van der Waals surface area contributed by atoms with Crippen LogP contribution in [0.15, 0.2) is 53.5 Å². The molecular formula is C21H30IN3O2. The van der Waals surface area contributed by atoms with E-state index in [0.717, 1.165) is 30.2 Å². The molecule has 148 valence electrons. The van der Waals surface area contributed by atoms with Crippen LogP contribution in [0.1, 0.15) is 23.1 Å². The Labute approximate surface area is 179 Å². The highest BCUT2D eigenvalue weighted by atomic mass is 127. The average molecular weight is 483 g/mol. The monoisotopic (exact) mass is 483 g/mol. The maximum absolute atomic E-state index is 5.75. The molecule has 0 bridgehead atoms. The summed E-state index contributed by atoms with van der Waals surface area (Å²) >= 11 is 0. The van der Waals surface area contributed by atoms with Gasteiger partial charge in [-0.1, -0.05) is 36.4 Å². The lowest BCUT2D eigenvalue weighted by atomic mass is 10.1. The van der Waals surface area contributed by atoms with Crippen molar-refractivity contribution in [1.82, 2.24) is 10.6 Å². The number of aliphatic imine (C=N–C) groups is 1. The first-order chi connectivity index (χ1) is 12.7. The number of aryl methyl sites for hydroxylation is 1. The fourth-order valence-corrected chi connectivity index (χ4v) is 2.53. The topological polar surface area (TPSA) is 54.9 Å². The predicted octanol–water partition coefficient (Wildman–Crippen LogP) is 3.89. The Morgan fingerprint density at radius 1 is 1.00 bits per heavy atom. The van der Waals surface area contributed by atoms with Gasteiger partial charge in [-0.2, -0.15) is 0 Å². The van der Waals surface area contributed by atoms with Crippen LogP contribution in [0.2, 0.25) is 0 Å². The second kappa shape index (κ2) is 13.4. The summed E-state index contributed by atoms with van der Waals surface area (Å²) in [6.45, 7) is 4.91. The molecule has 0 unspecified atom stereocenters. The van der Waals surface area contributed by atoms with Crippen LogP contribution in [0.25, 0.3) is 0 Å². The van der Waals surface area contributed by atoms with E-state index in [4.69, 9.17) is 9.47 Å². The van der Waals surface area contributed by atoms with Gasteiger partial charge in [0.2, 0.25) is 0 Å². The molecule has 0 radical (unpaired) electrons. The van der Waals surface area contributed by atoms with Gasteiger partial charge in [0, 0.05) is 40.3 Å².